The second-order valence-corrected chi connectivity index (χ2v) is 4.09. The van der Waals surface area contributed by atoms with Crippen LogP contribution in [0.3, 0.4) is 0 Å². The smallest absolute Gasteiger partial charge is 0.259 e. The van der Waals surface area contributed by atoms with Crippen molar-refractivity contribution in [3.63, 3.8) is 0 Å². The molecule has 0 aliphatic rings. The van der Waals surface area contributed by atoms with Gasteiger partial charge < -0.3 is 16.3 Å². The lowest BCUT2D eigenvalue weighted by atomic mass is 10.3. The first-order valence-electron chi connectivity index (χ1n) is 4.64. The molecule has 1 unspecified atom stereocenters. The van der Waals surface area contributed by atoms with Crippen molar-refractivity contribution in [2.24, 2.45) is 10.9 Å². The number of hydrogen-bond acceptors (Lipinski definition) is 7. The number of rotatable bonds is 6. The minimum Gasteiger partial charge on any atom is -0.392 e. The van der Waals surface area contributed by atoms with Gasteiger partial charge >= 0.3 is 0 Å². The van der Waals surface area contributed by atoms with E-state index in [2.05, 4.69) is 10.1 Å². The second-order valence-electron chi connectivity index (χ2n) is 3.20. The predicted molar refractivity (Wildman–Crippen MR) is 63.1 cm³/mol. The summed E-state index contributed by atoms with van der Waals surface area (Å²) < 4.78 is 0. The molecule has 0 aromatic carbocycles. The number of aromatic nitrogens is 1. The number of anilines is 1. The van der Waals surface area contributed by atoms with Crippen molar-refractivity contribution < 1.29 is 14.4 Å². The van der Waals surface area contributed by atoms with Crippen molar-refractivity contribution in [3.05, 3.63) is 11.1 Å². The predicted octanol–water partition coefficient (Wildman–Crippen LogP) is -0.180. The molecule has 1 heterocycles. The van der Waals surface area contributed by atoms with Gasteiger partial charge in [0.05, 0.1) is 6.42 Å². The van der Waals surface area contributed by atoms with E-state index in [1.807, 2.05) is 0 Å². The van der Waals surface area contributed by atoms with E-state index in [0.29, 0.717) is 5.13 Å². The maximum atomic E-state index is 10.6. The Morgan fingerprint density at radius 2 is 2.47 bits per heavy atom. The monoisotopic (exact) mass is 255 g/mol. The van der Waals surface area contributed by atoms with Gasteiger partial charge in [-0.15, -0.1) is 11.3 Å². The van der Waals surface area contributed by atoms with Crippen molar-refractivity contribution in [1.29, 1.82) is 0 Å². The minimum absolute atomic E-state index is 0.00877. The third-order valence-corrected chi connectivity index (χ3v) is 2.35. The Kier molecular flexibility index (Phi) is 4.58. The molecule has 0 aliphatic heterocycles. The molecule has 1 rings (SSSR count). The Hall–Kier alpha value is -1.96. The maximum Gasteiger partial charge on any atom is 0.259 e. The average molecular weight is 255 g/mol. The molecule has 1 radical (unpaired) electrons. The topological polar surface area (TPSA) is 121 Å². The summed E-state index contributed by atoms with van der Waals surface area (Å²) >= 11 is 1.17. The van der Waals surface area contributed by atoms with Gasteiger partial charge in [-0.25, -0.2) is 4.98 Å². The number of primary amides is 1. The average Bonchev–Trinajstić information content (AvgIpc) is 2.65. The van der Waals surface area contributed by atoms with E-state index in [1.165, 1.54) is 11.3 Å². The van der Waals surface area contributed by atoms with Crippen LogP contribution in [0.2, 0.25) is 0 Å². The number of carbonyl (C=O) groups is 1. The number of thiazole rings is 1. The molecule has 0 spiro atoms. The Labute approximate surface area is 101 Å². The highest BCUT2D eigenvalue weighted by Gasteiger charge is 2.11. The van der Waals surface area contributed by atoms with E-state index in [4.69, 9.17) is 16.3 Å². The molecule has 1 aromatic heterocycles. The highest BCUT2D eigenvalue weighted by Crippen LogP contribution is 2.11. The Bertz CT molecular complexity index is 443. The van der Waals surface area contributed by atoms with E-state index in [-0.39, 0.29) is 17.8 Å². The lowest BCUT2D eigenvalue weighted by Crippen LogP contribution is -2.19. The highest BCUT2D eigenvalue weighted by molar-refractivity contribution is 7.13. The molecule has 1 amide bonds. The van der Waals surface area contributed by atoms with Crippen LogP contribution in [0.15, 0.2) is 10.5 Å². The molecule has 0 bridgehead atoms. The molecule has 7 nitrogen and oxygen atoms in total. The zero-order chi connectivity index (χ0) is 12.8. The molecule has 91 valence electrons. The lowest BCUT2D eigenvalue weighted by molar-refractivity contribution is -0.120. The van der Waals surface area contributed by atoms with Crippen LogP contribution in [-0.4, -0.2) is 29.0 Å². The first-order chi connectivity index (χ1) is 8.02. The van der Waals surface area contributed by atoms with Crippen LogP contribution in [0.4, 0.5) is 5.13 Å². The summed E-state index contributed by atoms with van der Waals surface area (Å²) in [5.74, 6) is -0.512. The number of hydrogen-bond donors (Lipinski definition) is 2. The van der Waals surface area contributed by atoms with Crippen LogP contribution in [0.1, 0.15) is 19.0 Å². The number of nitrogens with zero attached hydrogens (tertiary/aromatic N) is 2. The zero-order valence-electron chi connectivity index (χ0n) is 9.04. The molecule has 0 aliphatic carbocycles. The van der Waals surface area contributed by atoms with Crippen LogP contribution in [0.25, 0.3) is 0 Å². The van der Waals surface area contributed by atoms with E-state index in [9.17, 15) is 9.59 Å². The summed E-state index contributed by atoms with van der Waals surface area (Å²) in [6, 6.07) is 0. The second kappa shape index (κ2) is 5.94. The molecule has 1 aromatic rings. The van der Waals surface area contributed by atoms with Crippen molar-refractivity contribution in [2.45, 2.75) is 19.4 Å². The molecule has 0 saturated heterocycles. The molecule has 1 atom stereocenters. The maximum absolute atomic E-state index is 10.6. The van der Waals surface area contributed by atoms with E-state index in [1.54, 1.807) is 18.6 Å². The van der Waals surface area contributed by atoms with Crippen LogP contribution < -0.4 is 11.5 Å². The Morgan fingerprint density at radius 3 is 2.94 bits per heavy atom. The summed E-state index contributed by atoms with van der Waals surface area (Å²) in [5, 5.41) is 5.42. The summed E-state index contributed by atoms with van der Waals surface area (Å²) in [7, 11) is 0. The van der Waals surface area contributed by atoms with Crippen molar-refractivity contribution >= 4 is 34.4 Å². The van der Waals surface area contributed by atoms with Gasteiger partial charge in [0.25, 0.3) is 6.29 Å². The first kappa shape index (κ1) is 13.1. The SMILES string of the molecule is CC(CC(N)=O)ON=C([C]=O)c1csc(N)n1. The minimum atomic E-state index is -0.521. The number of nitrogens with two attached hydrogens (primary N) is 2. The quantitative estimate of drug-likeness (QED) is 0.539. The Morgan fingerprint density at radius 1 is 1.76 bits per heavy atom. The van der Waals surface area contributed by atoms with Gasteiger partial charge in [0.2, 0.25) is 5.91 Å². The van der Waals surface area contributed by atoms with Gasteiger partial charge in [0, 0.05) is 5.38 Å². The summed E-state index contributed by atoms with van der Waals surface area (Å²) in [5.41, 5.74) is 10.6. The highest BCUT2D eigenvalue weighted by atomic mass is 32.1. The van der Waals surface area contributed by atoms with Crippen molar-refractivity contribution in [3.8, 4) is 0 Å². The fourth-order valence-corrected chi connectivity index (χ4v) is 1.53. The van der Waals surface area contributed by atoms with E-state index < -0.39 is 12.0 Å². The van der Waals surface area contributed by atoms with Crippen LogP contribution in [0.5, 0.6) is 0 Å². The van der Waals surface area contributed by atoms with Gasteiger partial charge in [-0.3, -0.25) is 9.59 Å². The van der Waals surface area contributed by atoms with Crippen LogP contribution in [0, 0.1) is 0 Å². The first-order valence-corrected chi connectivity index (χ1v) is 5.52. The van der Waals surface area contributed by atoms with Crippen LogP contribution >= 0.6 is 11.3 Å². The number of oxime groups is 1. The molecule has 8 heteroatoms. The number of amides is 1. The third-order valence-electron chi connectivity index (χ3n) is 1.67. The Balaban J connectivity index is 2.68. The van der Waals surface area contributed by atoms with Gasteiger partial charge in [-0.1, -0.05) is 5.16 Å². The fraction of sp³-hybridized carbons (Fsp3) is 0.333. The van der Waals surface area contributed by atoms with Gasteiger partial charge in [-0.2, -0.15) is 0 Å². The van der Waals surface area contributed by atoms with E-state index in [0.717, 1.165) is 0 Å². The van der Waals surface area contributed by atoms with Gasteiger partial charge in [-0.05, 0) is 6.92 Å². The van der Waals surface area contributed by atoms with E-state index >= 15 is 0 Å². The summed E-state index contributed by atoms with van der Waals surface area (Å²) in [6.45, 7) is 1.60. The van der Waals surface area contributed by atoms with Crippen molar-refractivity contribution in [1.82, 2.24) is 4.98 Å². The fourth-order valence-electron chi connectivity index (χ4n) is 0.977. The normalized spacial score (nSPS) is 13.1. The molecular formula is C9H11N4O3S. The van der Waals surface area contributed by atoms with Gasteiger partial charge in [0.1, 0.15) is 11.8 Å². The molecule has 17 heavy (non-hydrogen) atoms. The molecule has 4 N–H and O–H groups in total. The van der Waals surface area contributed by atoms with Crippen LogP contribution in [-0.2, 0) is 14.4 Å². The number of nitrogen functional groups attached to an aromatic ring is 1. The van der Waals surface area contributed by atoms with Crippen molar-refractivity contribution in [2.75, 3.05) is 5.73 Å². The molecule has 0 fully saturated rings. The summed E-state index contributed by atoms with van der Waals surface area (Å²) in [6.07, 6.45) is 1.08. The molecular weight excluding hydrogens is 244 g/mol. The largest absolute Gasteiger partial charge is 0.392 e. The third kappa shape index (κ3) is 4.19. The molecule has 0 saturated carbocycles. The standard InChI is InChI=1S/C9H11N4O3S/c1-5(2-8(10)15)16-13-6(3-14)7-4-17-9(11)12-7/h4-5H,2H2,1H3,(H2,10,15)(H2,11,12). The summed E-state index contributed by atoms with van der Waals surface area (Å²) in [4.78, 5) is 30.0. The lowest BCUT2D eigenvalue weighted by Gasteiger charge is -2.06. The van der Waals surface area contributed by atoms with Gasteiger partial charge in [0.15, 0.2) is 10.8 Å². The number of carbonyl (C=O) groups excluding carboxylic acids is 2. The zero-order valence-corrected chi connectivity index (χ0v) is 9.86.